The molecule has 0 fully saturated rings. The van der Waals surface area contributed by atoms with Crippen molar-refractivity contribution in [1.82, 2.24) is 0 Å². The van der Waals surface area contributed by atoms with Gasteiger partial charge in [-0.2, -0.15) is 0 Å². The Morgan fingerprint density at radius 2 is 1.69 bits per heavy atom. The molecule has 0 spiro atoms. The summed E-state index contributed by atoms with van der Waals surface area (Å²) in [5.74, 6) is 2.32. The minimum absolute atomic E-state index is 0.194. The Labute approximate surface area is 267 Å². The minimum Gasteiger partial charge on any atom is -0.494 e. The van der Waals surface area contributed by atoms with Crippen molar-refractivity contribution in [2.75, 3.05) is 39.4 Å². The molecule has 4 aromatic carbocycles. The first-order chi connectivity index (χ1) is 20.5. The van der Waals surface area contributed by atoms with E-state index in [-0.39, 0.29) is 16.0 Å². The lowest BCUT2D eigenvalue weighted by molar-refractivity contribution is -0.107. The molecule has 11 heteroatoms. The van der Waals surface area contributed by atoms with Crippen LogP contribution in [0.25, 0.3) is 0 Å². The standard InChI is InChI=1S/C31H25Cl2N3O3S3/c1-39-30-22(32)13-21(14-23(30)33)31(38)36-19-42-29-12-20(10-11-26(29)36)15-34(16-37)24-6-2-4-8-27(24)40-17-35-18-41-28-9-5-3-7-25(28)35/h2-14,16H,15,17-19H2,1H3. The highest BCUT2D eigenvalue weighted by Crippen LogP contribution is 2.43. The molecular formula is C31H25Cl2N3O3S3. The molecule has 2 heterocycles. The zero-order chi connectivity index (χ0) is 29.2. The average Bonchev–Trinajstić information content (AvgIpc) is 3.62. The molecule has 0 aromatic heterocycles. The molecule has 0 aliphatic carbocycles. The lowest BCUT2D eigenvalue weighted by Gasteiger charge is -2.23. The van der Waals surface area contributed by atoms with Gasteiger partial charge in [-0.1, -0.05) is 53.5 Å². The van der Waals surface area contributed by atoms with Gasteiger partial charge in [0.05, 0.1) is 58.4 Å². The SMILES string of the molecule is COc1c(Cl)cc(C(=O)N2CSc3cc(CN(C=O)c4ccccc4SCN4CSc5ccccc54)ccc32)cc1Cl. The van der Waals surface area contributed by atoms with Gasteiger partial charge in [0, 0.05) is 20.2 Å². The van der Waals surface area contributed by atoms with Crippen LogP contribution in [-0.4, -0.2) is 37.1 Å². The van der Waals surface area contributed by atoms with E-state index in [2.05, 4.69) is 35.2 Å². The van der Waals surface area contributed by atoms with E-state index >= 15 is 0 Å². The van der Waals surface area contributed by atoms with Crippen LogP contribution in [0.1, 0.15) is 15.9 Å². The van der Waals surface area contributed by atoms with Crippen molar-refractivity contribution in [2.24, 2.45) is 0 Å². The third-order valence-corrected chi connectivity index (χ3v) is 10.8. The first kappa shape index (κ1) is 29.1. The molecule has 6 rings (SSSR count). The third-order valence-electron chi connectivity index (χ3n) is 6.97. The zero-order valence-corrected chi connectivity index (χ0v) is 26.4. The Bertz CT molecular complexity index is 1650. The molecule has 2 aliphatic heterocycles. The zero-order valence-electron chi connectivity index (χ0n) is 22.5. The highest BCUT2D eigenvalue weighted by molar-refractivity contribution is 8.01. The van der Waals surface area contributed by atoms with Gasteiger partial charge in [0.25, 0.3) is 5.91 Å². The number of rotatable bonds is 9. The van der Waals surface area contributed by atoms with E-state index in [0.717, 1.165) is 44.9 Å². The van der Waals surface area contributed by atoms with Crippen LogP contribution in [0.4, 0.5) is 17.1 Å². The topological polar surface area (TPSA) is 53.1 Å². The van der Waals surface area contributed by atoms with Crippen LogP contribution >= 0.6 is 58.5 Å². The molecule has 0 atom stereocenters. The van der Waals surface area contributed by atoms with E-state index in [1.165, 1.54) is 17.7 Å². The number of thioether (sulfide) groups is 3. The number of ether oxygens (including phenoxy) is 1. The summed E-state index contributed by atoms with van der Waals surface area (Å²) in [5.41, 5.74) is 4.30. The lowest BCUT2D eigenvalue weighted by Crippen LogP contribution is -2.28. The number of methoxy groups -OCH3 is 1. The van der Waals surface area contributed by atoms with Crippen molar-refractivity contribution in [2.45, 2.75) is 21.2 Å². The molecule has 6 nitrogen and oxygen atoms in total. The van der Waals surface area contributed by atoms with Crippen LogP contribution in [0, 0.1) is 0 Å². The number of nitrogens with zero attached hydrogens (tertiary/aromatic N) is 3. The highest BCUT2D eigenvalue weighted by atomic mass is 35.5. The molecule has 0 N–H and O–H groups in total. The normalized spacial score (nSPS) is 13.6. The first-order valence-electron chi connectivity index (χ1n) is 13.0. The third kappa shape index (κ3) is 5.81. The number of benzene rings is 4. The number of amides is 2. The van der Waals surface area contributed by atoms with Gasteiger partial charge in [0.15, 0.2) is 5.75 Å². The lowest BCUT2D eigenvalue weighted by atomic mass is 10.1. The van der Waals surface area contributed by atoms with Crippen LogP contribution in [0.3, 0.4) is 0 Å². The summed E-state index contributed by atoms with van der Waals surface area (Å²) in [6, 6.07) is 25.5. The van der Waals surface area contributed by atoms with Crippen molar-refractivity contribution < 1.29 is 14.3 Å². The number of carbonyl (C=O) groups excluding carboxylic acids is 2. The molecule has 0 radical (unpaired) electrons. The van der Waals surface area contributed by atoms with Crippen molar-refractivity contribution in [1.29, 1.82) is 0 Å². The van der Waals surface area contributed by atoms with Crippen LogP contribution in [-0.2, 0) is 11.3 Å². The molecule has 0 saturated carbocycles. The van der Waals surface area contributed by atoms with E-state index in [1.54, 1.807) is 45.5 Å². The molecule has 214 valence electrons. The molecule has 42 heavy (non-hydrogen) atoms. The Morgan fingerprint density at radius 1 is 0.952 bits per heavy atom. The van der Waals surface area contributed by atoms with Crippen LogP contribution in [0.5, 0.6) is 5.75 Å². The fourth-order valence-electron chi connectivity index (χ4n) is 4.91. The van der Waals surface area contributed by atoms with Crippen LogP contribution < -0.4 is 19.4 Å². The molecule has 0 saturated heterocycles. The van der Waals surface area contributed by atoms with Crippen molar-refractivity contribution in [3.8, 4) is 5.75 Å². The van der Waals surface area contributed by atoms with E-state index < -0.39 is 0 Å². The van der Waals surface area contributed by atoms with E-state index in [1.807, 2.05) is 48.2 Å². The number of hydrogen-bond donors (Lipinski definition) is 0. The Hall–Kier alpha value is -2.95. The Kier molecular flexibility index (Phi) is 8.83. The van der Waals surface area contributed by atoms with E-state index in [4.69, 9.17) is 27.9 Å². The second-order valence-electron chi connectivity index (χ2n) is 9.54. The Morgan fingerprint density at radius 3 is 2.48 bits per heavy atom. The van der Waals surface area contributed by atoms with Gasteiger partial charge < -0.3 is 14.5 Å². The summed E-state index contributed by atoms with van der Waals surface area (Å²) >= 11 is 17.7. The second-order valence-corrected chi connectivity index (χ2v) is 13.3. The fourth-order valence-corrected chi connectivity index (χ4v) is 8.83. The number of carbonyl (C=O) groups is 2. The number of para-hydroxylation sites is 2. The number of anilines is 3. The Balaban J connectivity index is 1.17. The second kappa shape index (κ2) is 12.7. The maximum atomic E-state index is 13.4. The molecule has 2 aliphatic rings. The number of fused-ring (bicyclic) bond motifs is 2. The fraction of sp³-hybridized carbons (Fsp3) is 0.161. The van der Waals surface area contributed by atoms with E-state index in [0.29, 0.717) is 23.7 Å². The van der Waals surface area contributed by atoms with Crippen LogP contribution in [0.2, 0.25) is 10.0 Å². The maximum absolute atomic E-state index is 13.4. The van der Waals surface area contributed by atoms with Crippen molar-refractivity contribution in [3.05, 3.63) is 100 Å². The molecular weight excluding hydrogens is 629 g/mol. The summed E-state index contributed by atoms with van der Waals surface area (Å²) in [5, 5.41) is 0.569. The average molecular weight is 655 g/mol. The quantitative estimate of drug-likeness (QED) is 0.133. The van der Waals surface area contributed by atoms with Crippen molar-refractivity contribution >= 4 is 87.9 Å². The number of halogens is 2. The van der Waals surface area contributed by atoms with Crippen molar-refractivity contribution in [3.63, 3.8) is 0 Å². The summed E-state index contributed by atoms with van der Waals surface area (Å²) < 4.78 is 5.21. The summed E-state index contributed by atoms with van der Waals surface area (Å²) in [7, 11) is 1.48. The first-order valence-corrected chi connectivity index (χ1v) is 16.7. The van der Waals surface area contributed by atoms with Gasteiger partial charge in [-0.25, -0.2) is 0 Å². The van der Waals surface area contributed by atoms with E-state index in [9.17, 15) is 9.59 Å². The van der Waals surface area contributed by atoms with Gasteiger partial charge in [-0.3, -0.25) is 14.5 Å². The predicted octanol–water partition coefficient (Wildman–Crippen LogP) is 8.49. The minimum atomic E-state index is -0.194. The largest absolute Gasteiger partial charge is 0.494 e. The van der Waals surface area contributed by atoms with Crippen LogP contribution in [0.15, 0.2) is 93.5 Å². The molecule has 0 unspecified atom stereocenters. The molecule has 2 amide bonds. The van der Waals surface area contributed by atoms with Gasteiger partial charge in [0.2, 0.25) is 6.41 Å². The summed E-state index contributed by atoms with van der Waals surface area (Å²) in [4.78, 5) is 34.8. The van der Waals surface area contributed by atoms with Gasteiger partial charge in [0.1, 0.15) is 0 Å². The smallest absolute Gasteiger partial charge is 0.259 e. The van der Waals surface area contributed by atoms with Gasteiger partial charge >= 0.3 is 0 Å². The highest BCUT2D eigenvalue weighted by Gasteiger charge is 2.28. The maximum Gasteiger partial charge on any atom is 0.259 e. The molecule has 0 bridgehead atoms. The summed E-state index contributed by atoms with van der Waals surface area (Å²) in [6.07, 6.45) is 0.883. The predicted molar refractivity (Wildman–Crippen MR) is 176 cm³/mol. The number of hydrogen-bond acceptors (Lipinski definition) is 7. The monoisotopic (exact) mass is 653 g/mol. The van der Waals surface area contributed by atoms with Gasteiger partial charge in [-0.15, -0.1) is 35.3 Å². The van der Waals surface area contributed by atoms with Gasteiger partial charge in [-0.05, 0) is 54.1 Å². The molecule has 4 aromatic rings. The summed E-state index contributed by atoms with van der Waals surface area (Å²) in [6.45, 7) is 0.412.